The van der Waals surface area contributed by atoms with E-state index in [0.29, 0.717) is 25.5 Å². The van der Waals surface area contributed by atoms with Crippen LogP contribution < -0.4 is 16.0 Å². The van der Waals surface area contributed by atoms with Gasteiger partial charge in [0.2, 0.25) is 5.91 Å². The smallest absolute Gasteiger partial charge is 0.225 e. The predicted octanol–water partition coefficient (Wildman–Crippen LogP) is 1.80. The predicted molar refractivity (Wildman–Crippen MR) is 108 cm³/mol. The van der Waals surface area contributed by atoms with Crippen LogP contribution in [0.2, 0.25) is 0 Å². The van der Waals surface area contributed by atoms with Crippen molar-refractivity contribution in [1.29, 1.82) is 0 Å². The van der Waals surface area contributed by atoms with Gasteiger partial charge in [-0.05, 0) is 24.5 Å². The van der Waals surface area contributed by atoms with Crippen LogP contribution in [0.4, 0.5) is 5.69 Å². The van der Waals surface area contributed by atoms with Gasteiger partial charge in [0.15, 0.2) is 11.8 Å². The highest BCUT2D eigenvalue weighted by Crippen LogP contribution is 2.31. The molecule has 4 rings (SSSR count). The summed E-state index contributed by atoms with van der Waals surface area (Å²) in [6.07, 6.45) is 5.08. The summed E-state index contributed by atoms with van der Waals surface area (Å²) in [4.78, 5) is 16.3. The Bertz CT molecular complexity index is 873. The Balaban J connectivity index is 1.36. The first-order chi connectivity index (χ1) is 13.7. The minimum absolute atomic E-state index is 0.0552. The fraction of sp³-hybridized carbons (Fsp3) is 0.500. The zero-order valence-corrected chi connectivity index (χ0v) is 16.2. The number of nitrogens with one attached hydrogen (secondary N) is 3. The molecule has 1 aromatic carbocycles. The molecular weight excluding hydrogens is 354 g/mol. The van der Waals surface area contributed by atoms with Gasteiger partial charge in [0.05, 0.1) is 6.54 Å². The number of benzene rings is 1. The maximum Gasteiger partial charge on any atom is 0.225 e. The highest BCUT2D eigenvalue weighted by Gasteiger charge is 2.24. The van der Waals surface area contributed by atoms with Gasteiger partial charge in [0, 0.05) is 44.6 Å². The number of carbonyl (C=O) groups excluding carboxylic acids is 1. The van der Waals surface area contributed by atoms with Crippen molar-refractivity contribution >= 4 is 17.6 Å². The molecular formula is C20H27N7O. The molecule has 2 aliphatic heterocycles. The second-order valence-electron chi connectivity index (χ2n) is 7.34. The van der Waals surface area contributed by atoms with E-state index in [0.717, 1.165) is 35.9 Å². The van der Waals surface area contributed by atoms with Gasteiger partial charge < -0.3 is 20.5 Å². The van der Waals surface area contributed by atoms with E-state index in [9.17, 15) is 4.79 Å². The number of guanidine groups is 1. The van der Waals surface area contributed by atoms with Crippen LogP contribution >= 0.6 is 0 Å². The molecule has 28 heavy (non-hydrogen) atoms. The standard InChI is InChI=1S/C20H27N7O/c1-21-20(23-13-18-26-25-17-9-3-2-6-10-27(17)18)22-12-14-11-19(28)24-16-8-5-4-7-15(14)16/h4-5,7-8,14H,2-3,6,9-13H2,1H3,(H,24,28)(H2,21,22,23). The Morgan fingerprint density at radius 2 is 2.14 bits per heavy atom. The van der Waals surface area contributed by atoms with E-state index in [4.69, 9.17) is 0 Å². The third-order valence-electron chi connectivity index (χ3n) is 5.45. The van der Waals surface area contributed by atoms with Gasteiger partial charge in [-0.25, -0.2) is 0 Å². The Morgan fingerprint density at radius 3 is 3.04 bits per heavy atom. The number of hydrogen-bond acceptors (Lipinski definition) is 4. The van der Waals surface area contributed by atoms with E-state index in [2.05, 4.69) is 41.8 Å². The second-order valence-corrected chi connectivity index (χ2v) is 7.34. The molecule has 1 unspecified atom stereocenters. The quantitative estimate of drug-likeness (QED) is 0.554. The number of fused-ring (bicyclic) bond motifs is 2. The molecule has 1 aromatic heterocycles. The number of anilines is 1. The number of rotatable bonds is 4. The van der Waals surface area contributed by atoms with Crippen LogP contribution in [-0.4, -0.2) is 40.2 Å². The number of aromatic nitrogens is 3. The Morgan fingerprint density at radius 1 is 1.25 bits per heavy atom. The minimum atomic E-state index is 0.0552. The van der Waals surface area contributed by atoms with Crippen LogP contribution in [0.25, 0.3) is 0 Å². The molecule has 8 heteroatoms. The van der Waals surface area contributed by atoms with Crippen LogP contribution in [0.15, 0.2) is 29.3 Å². The summed E-state index contributed by atoms with van der Waals surface area (Å²) >= 11 is 0. The maximum absolute atomic E-state index is 12.0. The average Bonchev–Trinajstić information content (AvgIpc) is 2.94. The van der Waals surface area contributed by atoms with Crippen LogP contribution in [0.5, 0.6) is 0 Å². The van der Waals surface area contributed by atoms with Crippen molar-refractivity contribution in [3.63, 3.8) is 0 Å². The van der Waals surface area contributed by atoms with Gasteiger partial charge in [0.1, 0.15) is 5.82 Å². The van der Waals surface area contributed by atoms with Gasteiger partial charge in [0.25, 0.3) is 0 Å². The first kappa shape index (κ1) is 18.5. The zero-order valence-electron chi connectivity index (χ0n) is 16.2. The molecule has 0 spiro atoms. The molecule has 2 aromatic rings. The van der Waals surface area contributed by atoms with Crippen molar-refractivity contribution in [3.05, 3.63) is 41.5 Å². The number of para-hydroxylation sites is 1. The van der Waals surface area contributed by atoms with E-state index >= 15 is 0 Å². The van der Waals surface area contributed by atoms with Crippen molar-refractivity contribution in [2.75, 3.05) is 18.9 Å². The van der Waals surface area contributed by atoms with Gasteiger partial charge in [-0.3, -0.25) is 9.79 Å². The molecule has 2 aliphatic rings. The van der Waals surface area contributed by atoms with Crippen LogP contribution in [0.1, 0.15) is 48.8 Å². The fourth-order valence-corrected chi connectivity index (χ4v) is 3.96. The van der Waals surface area contributed by atoms with Crippen molar-refractivity contribution in [2.24, 2.45) is 4.99 Å². The minimum Gasteiger partial charge on any atom is -0.356 e. The van der Waals surface area contributed by atoms with E-state index < -0.39 is 0 Å². The van der Waals surface area contributed by atoms with E-state index in [1.54, 1.807) is 7.05 Å². The molecule has 0 radical (unpaired) electrons. The lowest BCUT2D eigenvalue weighted by Crippen LogP contribution is -2.40. The van der Waals surface area contributed by atoms with Gasteiger partial charge >= 0.3 is 0 Å². The molecule has 148 valence electrons. The van der Waals surface area contributed by atoms with E-state index in [-0.39, 0.29) is 11.8 Å². The lowest BCUT2D eigenvalue weighted by atomic mass is 9.90. The third-order valence-corrected chi connectivity index (χ3v) is 5.45. The molecule has 1 amide bonds. The molecule has 0 saturated heterocycles. The lowest BCUT2D eigenvalue weighted by Gasteiger charge is -2.26. The Kier molecular flexibility index (Phi) is 5.55. The monoisotopic (exact) mass is 381 g/mol. The Hall–Kier alpha value is -2.90. The summed E-state index contributed by atoms with van der Waals surface area (Å²) in [7, 11) is 1.75. The largest absolute Gasteiger partial charge is 0.356 e. The summed E-state index contributed by atoms with van der Waals surface area (Å²) in [5, 5.41) is 18.3. The second kappa shape index (κ2) is 8.41. The number of aryl methyl sites for hydroxylation is 1. The molecule has 3 N–H and O–H groups in total. The van der Waals surface area contributed by atoms with Crippen LogP contribution in [-0.2, 0) is 24.3 Å². The van der Waals surface area contributed by atoms with E-state index in [1.165, 1.54) is 19.3 Å². The normalized spacial score (nSPS) is 19.2. The molecule has 1 atom stereocenters. The Labute approximate surface area is 164 Å². The number of amides is 1. The highest BCUT2D eigenvalue weighted by atomic mass is 16.1. The van der Waals surface area contributed by atoms with Crippen molar-refractivity contribution in [1.82, 2.24) is 25.4 Å². The fourth-order valence-electron chi connectivity index (χ4n) is 3.96. The number of carbonyl (C=O) groups is 1. The maximum atomic E-state index is 12.0. The zero-order chi connectivity index (χ0) is 19.3. The summed E-state index contributed by atoms with van der Waals surface area (Å²) < 4.78 is 2.23. The average molecular weight is 381 g/mol. The highest BCUT2D eigenvalue weighted by molar-refractivity contribution is 5.94. The molecule has 0 bridgehead atoms. The first-order valence-corrected chi connectivity index (χ1v) is 9.99. The summed E-state index contributed by atoms with van der Waals surface area (Å²) in [5.74, 6) is 2.91. The lowest BCUT2D eigenvalue weighted by molar-refractivity contribution is -0.116. The van der Waals surface area contributed by atoms with Crippen LogP contribution in [0, 0.1) is 0 Å². The third kappa shape index (κ3) is 4.00. The summed E-state index contributed by atoms with van der Waals surface area (Å²) in [5.41, 5.74) is 2.06. The summed E-state index contributed by atoms with van der Waals surface area (Å²) in [6, 6.07) is 7.97. The van der Waals surface area contributed by atoms with Crippen molar-refractivity contribution in [2.45, 2.75) is 51.1 Å². The van der Waals surface area contributed by atoms with E-state index in [1.807, 2.05) is 18.2 Å². The van der Waals surface area contributed by atoms with Crippen LogP contribution in [0.3, 0.4) is 0 Å². The summed E-state index contributed by atoms with van der Waals surface area (Å²) in [6.45, 7) is 2.20. The van der Waals surface area contributed by atoms with Gasteiger partial charge in [-0.15, -0.1) is 10.2 Å². The molecule has 0 aliphatic carbocycles. The molecule has 0 fully saturated rings. The molecule has 0 saturated carbocycles. The number of nitrogens with zero attached hydrogens (tertiary/aromatic N) is 4. The van der Waals surface area contributed by atoms with Crippen molar-refractivity contribution < 1.29 is 4.79 Å². The number of hydrogen-bond donors (Lipinski definition) is 3. The number of aliphatic imine (C=N–C) groups is 1. The van der Waals surface area contributed by atoms with Crippen molar-refractivity contribution in [3.8, 4) is 0 Å². The molecule has 3 heterocycles. The first-order valence-electron chi connectivity index (χ1n) is 9.99. The molecule has 8 nitrogen and oxygen atoms in total. The SMILES string of the molecule is CN=C(NCc1nnc2n1CCCCC2)NCC1CC(=O)Nc2ccccc21. The van der Waals surface area contributed by atoms with Gasteiger partial charge in [-0.1, -0.05) is 24.6 Å². The van der Waals surface area contributed by atoms with Gasteiger partial charge in [-0.2, -0.15) is 0 Å². The topological polar surface area (TPSA) is 96.2 Å².